The summed E-state index contributed by atoms with van der Waals surface area (Å²) in [5, 5.41) is 0. The van der Waals surface area contributed by atoms with E-state index in [9.17, 15) is 9.59 Å². The van der Waals surface area contributed by atoms with Crippen LogP contribution >= 0.6 is 0 Å². The molecule has 0 aliphatic carbocycles. The molecule has 2 amide bonds. The first-order valence-electron chi connectivity index (χ1n) is 6.57. The third-order valence-electron chi connectivity index (χ3n) is 3.31. The van der Waals surface area contributed by atoms with Crippen molar-refractivity contribution < 1.29 is 9.59 Å². The minimum atomic E-state index is -0.283. The van der Waals surface area contributed by atoms with Crippen molar-refractivity contribution in [3.63, 3.8) is 0 Å². The number of anilines is 2. The quantitative estimate of drug-likeness (QED) is 0.852. The molecule has 0 bridgehead atoms. The minimum Gasteiger partial charge on any atom is -0.398 e. The van der Waals surface area contributed by atoms with Crippen molar-refractivity contribution in [3.05, 3.63) is 22.8 Å². The molecule has 0 aliphatic rings. The molecule has 2 N–H and O–H groups in total. The SMILES string of the molecule is CCc1cc(C)c(N(C(C)=O)C(C)=O)c(CC)c1N. The Bertz CT molecular complexity index is 507. The van der Waals surface area contributed by atoms with Crippen molar-refractivity contribution in [1.29, 1.82) is 0 Å². The molecule has 0 atom stereocenters. The highest BCUT2D eigenvalue weighted by Crippen LogP contribution is 2.33. The van der Waals surface area contributed by atoms with Gasteiger partial charge in [0.2, 0.25) is 11.8 Å². The van der Waals surface area contributed by atoms with Crippen molar-refractivity contribution in [2.75, 3.05) is 10.6 Å². The third-order valence-corrected chi connectivity index (χ3v) is 3.31. The van der Waals surface area contributed by atoms with E-state index in [0.717, 1.165) is 23.1 Å². The van der Waals surface area contributed by atoms with Crippen LogP contribution in [-0.2, 0) is 22.4 Å². The maximum atomic E-state index is 11.7. The molecule has 0 fully saturated rings. The zero-order valence-corrected chi connectivity index (χ0v) is 12.3. The van der Waals surface area contributed by atoms with Crippen molar-refractivity contribution in [2.24, 2.45) is 0 Å². The fraction of sp³-hybridized carbons (Fsp3) is 0.467. The number of hydrogen-bond acceptors (Lipinski definition) is 3. The number of nitrogen functional groups attached to an aromatic ring is 1. The highest BCUT2D eigenvalue weighted by atomic mass is 16.2. The van der Waals surface area contributed by atoms with Crippen LogP contribution in [0.3, 0.4) is 0 Å². The Morgan fingerprint density at radius 3 is 2.05 bits per heavy atom. The van der Waals surface area contributed by atoms with Gasteiger partial charge in [0, 0.05) is 19.5 Å². The molecule has 0 saturated heterocycles. The summed E-state index contributed by atoms with van der Waals surface area (Å²) in [4.78, 5) is 24.7. The Morgan fingerprint density at radius 2 is 1.68 bits per heavy atom. The molecule has 19 heavy (non-hydrogen) atoms. The van der Waals surface area contributed by atoms with E-state index in [1.54, 1.807) is 0 Å². The Morgan fingerprint density at radius 1 is 1.16 bits per heavy atom. The number of amides is 2. The number of carbonyl (C=O) groups is 2. The monoisotopic (exact) mass is 262 g/mol. The van der Waals surface area contributed by atoms with Crippen molar-refractivity contribution in [2.45, 2.75) is 47.5 Å². The van der Waals surface area contributed by atoms with Crippen LogP contribution < -0.4 is 10.6 Å². The number of aryl methyl sites for hydroxylation is 2. The van der Waals surface area contributed by atoms with Gasteiger partial charge in [-0.2, -0.15) is 0 Å². The Kier molecular flexibility index (Phi) is 4.70. The maximum Gasteiger partial charge on any atom is 0.230 e. The van der Waals surface area contributed by atoms with E-state index in [-0.39, 0.29) is 11.8 Å². The lowest BCUT2D eigenvalue weighted by Crippen LogP contribution is -2.34. The van der Waals surface area contributed by atoms with Crippen molar-refractivity contribution in [3.8, 4) is 0 Å². The molecule has 0 unspecified atom stereocenters. The number of imide groups is 1. The molecule has 0 radical (unpaired) electrons. The first kappa shape index (κ1) is 15.2. The molecule has 0 heterocycles. The standard InChI is InChI=1S/C15H22N2O2/c1-6-12-8-9(3)15(13(7-2)14(12)16)17(10(4)18)11(5)19/h8H,6-7,16H2,1-5H3. The maximum absolute atomic E-state index is 11.7. The van der Waals surface area contributed by atoms with Gasteiger partial charge in [0.1, 0.15) is 0 Å². The summed E-state index contributed by atoms with van der Waals surface area (Å²) >= 11 is 0. The highest BCUT2D eigenvalue weighted by Gasteiger charge is 2.23. The van der Waals surface area contributed by atoms with Gasteiger partial charge in [-0.15, -0.1) is 0 Å². The molecule has 0 aliphatic heterocycles. The third kappa shape index (κ3) is 2.78. The van der Waals surface area contributed by atoms with Crippen LogP contribution in [-0.4, -0.2) is 11.8 Å². The zero-order valence-electron chi connectivity index (χ0n) is 12.3. The van der Waals surface area contributed by atoms with Gasteiger partial charge in [0.15, 0.2) is 0 Å². The molecular formula is C15H22N2O2. The van der Waals surface area contributed by atoms with E-state index in [2.05, 4.69) is 0 Å². The topological polar surface area (TPSA) is 63.4 Å². The van der Waals surface area contributed by atoms with Gasteiger partial charge in [0.05, 0.1) is 5.69 Å². The van der Waals surface area contributed by atoms with Crippen molar-refractivity contribution in [1.82, 2.24) is 0 Å². The number of rotatable bonds is 3. The molecular weight excluding hydrogens is 240 g/mol. The summed E-state index contributed by atoms with van der Waals surface area (Å²) in [7, 11) is 0. The van der Waals surface area contributed by atoms with Gasteiger partial charge >= 0.3 is 0 Å². The minimum absolute atomic E-state index is 0.283. The van der Waals surface area contributed by atoms with E-state index in [0.29, 0.717) is 17.8 Å². The summed E-state index contributed by atoms with van der Waals surface area (Å²) in [6.45, 7) is 8.71. The molecule has 4 nitrogen and oxygen atoms in total. The number of carbonyl (C=O) groups excluding carboxylic acids is 2. The van der Waals surface area contributed by atoms with Crippen LogP contribution in [0.2, 0.25) is 0 Å². The Labute approximate surface area is 114 Å². The Hall–Kier alpha value is -1.84. The smallest absolute Gasteiger partial charge is 0.230 e. The van der Waals surface area contributed by atoms with Crippen LogP contribution in [0.15, 0.2) is 6.07 Å². The normalized spacial score (nSPS) is 10.4. The average Bonchev–Trinajstić information content (AvgIpc) is 2.32. The molecule has 4 heteroatoms. The number of nitrogens with two attached hydrogens (primary N) is 1. The Balaban J connectivity index is 3.62. The van der Waals surface area contributed by atoms with Gasteiger partial charge in [-0.25, -0.2) is 0 Å². The van der Waals surface area contributed by atoms with E-state index in [1.165, 1.54) is 18.7 Å². The second-order valence-electron chi connectivity index (χ2n) is 4.67. The fourth-order valence-corrected chi connectivity index (χ4v) is 2.47. The van der Waals surface area contributed by atoms with Gasteiger partial charge in [-0.05, 0) is 36.5 Å². The molecule has 0 spiro atoms. The first-order chi connectivity index (χ1) is 8.84. The highest BCUT2D eigenvalue weighted by molar-refractivity contribution is 6.14. The largest absolute Gasteiger partial charge is 0.398 e. The van der Waals surface area contributed by atoms with Gasteiger partial charge in [0.25, 0.3) is 0 Å². The molecule has 1 aromatic carbocycles. The second-order valence-corrected chi connectivity index (χ2v) is 4.67. The fourth-order valence-electron chi connectivity index (χ4n) is 2.47. The predicted octanol–water partition coefficient (Wildman–Crippen LogP) is 2.60. The van der Waals surface area contributed by atoms with Crippen LogP contribution in [0.25, 0.3) is 0 Å². The zero-order chi connectivity index (χ0) is 14.7. The first-order valence-corrected chi connectivity index (χ1v) is 6.57. The average molecular weight is 262 g/mol. The number of benzene rings is 1. The van der Waals surface area contributed by atoms with E-state index in [4.69, 9.17) is 5.73 Å². The second kappa shape index (κ2) is 5.87. The molecule has 0 saturated carbocycles. The summed E-state index contributed by atoms with van der Waals surface area (Å²) in [6, 6.07) is 1.96. The van der Waals surface area contributed by atoms with Crippen LogP contribution in [0, 0.1) is 6.92 Å². The lowest BCUT2D eigenvalue weighted by Gasteiger charge is -2.25. The van der Waals surface area contributed by atoms with Gasteiger partial charge < -0.3 is 5.73 Å². The predicted molar refractivity (Wildman–Crippen MR) is 78.2 cm³/mol. The molecule has 104 valence electrons. The lowest BCUT2D eigenvalue weighted by molar-refractivity contribution is -0.124. The molecule has 0 aromatic heterocycles. The summed E-state index contributed by atoms with van der Waals surface area (Å²) in [6.07, 6.45) is 1.52. The van der Waals surface area contributed by atoms with Crippen LogP contribution in [0.4, 0.5) is 11.4 Å². The number of nitrogens with zero attached hydrogens (tertiary/aromatic N) is 1. The van der Waals surface area contributed by atoms with E-state index in [1.807, 2.05) is 26.8 Å². The van der Waals surface area contributed by atoms with Gasteiger partial charge in [-0.1, -0.05) is 19.9 Å². The number of hydrogen-bond donors (Lipinski definition) is 1. The summed E-state index contributed by atoms with van der Waals surface area (Å²) in [5.74, 6) is -0.567. The van der Waals surface area contributed by atoms with Crippen LogP contribution in [0.1, 0.15) is 44.4 Å². The van der Waals surface area contributed by atoms with E-state index < -0.39 is 0 Å². The van der Waals surface area contributed by atoms with Crippen LogP contribution in [0.5, 0.6) is 0 Å². The summed E-state index contributed by atoms with van der Waals surface area (Å²) in [5.41, 5.74) is 10.4. The molecule has 1 aromatic rings. The van der Waals surface area contributed by atoms with E-state index >= 15 is 0 Å². The van der Waals surface area contributed by atoms with Crippen molar-refractivity contribution >= 4 is 23.2 Å². The van der Waals surface area contributed by atoms with Gasteiger partial charge in [-0.3, -0.25) is 14.5 Å². The lowest BCUT2D eigenvalue weighted by atomic mass is 9.96. The summed E-state index contributed by atoms with van der Waals surface area (Å²) < 4.78 is 0. The molecule has 1 rings (SSSR count).